The average Bonchev–Trinajstić information content (AvgIpc) is 2.56. The number of aromatic nitrogens is 2. The van der Waals surface area contributed by atoms with Crippen LogP contribution >= 0.6 is 11.6 Å². The molecule has 2 aromatic rings. The van der Waals surface area contributed by atoms with Gasteiger partial charge in [-0.1, -0.05) is 18.5 Å². The molecule has 0 aliphatic carbocycles. The number of hydrogen-bond acceptors (Lipinski definition) is 5. The molecule has 0 bridgehead atoms. The van der Waals surface area contributed by atoms with Crippen LogP contribution < -0.4 is 9.62 Å². The van der Waals surface area contributed by atoms with E-state index in [0.717, 1.165) is 37.7 Å². The lowest BCUT2D eigenvalue weighted by Crippen LogP contribution is -2.33. The van der Waals surface area contributed by atoms with Crippen LogP contribution in [0.5, 0.6) is 0 Å². The van der Waals surface area contributed by atoms with Crippen LogP contribution in [0.4, 0.5) is 11.6 Å². The van der Waals surface area contributed by atoms with Crippen molar-refractivity contribution in [2.24, 2.45) is 5.92 Å². The molecule has 1 fully saturated rings. The number of halogens is 1. The Hall–Kier alpha value is -1.86. The molecule has 1 aliphatic heterocycles. The zero-order valence-electron chi connectivity index (χ0n) is 13.3. The molecule has 6 nitrogen and oxygen atoms in total. The Morgan fingerprint density at radius 3 is 2.33 bits per heavy atom. The Balaban J connectivity index is 1.70. The van der Waals surface area contributed by atoms with Gasteiger partial charge in [-0.2, -0.15) is 0 Å². The van der Waals surface area contributed by atoms with Gasteiger partial charge in [0.1, 0.15) is 0 Å². The third-order valence-corrected chi connectivity index (χ3v) is 5.74. The second kappa shape index (κ2) is 6.94. The number of anilines is 2. The van der Waals surface area contributed by atoms with Crippen LogP contribution in [0.15, 0.2) is 41.3 Å². The largest absolute Gasteiger partial charge is 0.355 e. The number of piperidine rings is 1. The number of nitrogens with zero attached hydrogens (tertiary/aromatic N) is 3. The molecule has 1 saturated heterocycles. The Morgan fingerprint density at radius 2 is 1.75 bits per heavy atom. The van der Waals surface area contributed by atoms with Gasteiger partial charge in [0.15, 0.2) is 11.6 Å². The fourth-order valence-electron chi connectivity index (χ4n) is 2.60. The lowest BCUT2D eigenvalue weighted by Gasteiger charge is -2.30. The molecule has 0 unspecified atom stereocenters. The summed E-state index contributed by atoms with van der Waals surface area (Å²) in [6.45, 7) is 4.15. The zero-order valence-corrected chi connectivity index (χ0v) is 14.9. The molecule has 2 heterocycles. The molecular weight excluding hydrogens is 348 g/mol. The first-order valence-electron chi connectivity index (χ1n) is 7.81. The van der Waals surface area contributed by atoms with Crippen molar-refractivity contribution in [3.8, 4) is 0 Å². The summed E-state index contributed by atoms with van der Waals surface area (Å²) in [5.74, 6) is 1.70. The molecule has 0 spiro atoms. The van der Waals surface area contributed by atoms with Gasteiger partial charge in [-0.05, 0) is 55.2 Å². The van der Waals surface area contributed by atoms with Crippen molar-refractivity contribution in [3.05, 3.63) is 41.4 Å². The predicted molar refractivity (Wildman–Crippen MR) is 94.9 cm³/mol. The minimum atomic E-state index is -3.70. The summed E-state index contributed by atoms with van der Waals surface area (Å²) in [6, 6.07) is 9.38. The van der Waals surface area contributed by atoms with Gasteiger partial charge in [0, 0.05) is 18.1 Å². The Kier molecular flexibility index (Phi) is 4.91. The molecule has 0 saturated carbocycles. The third-order valence-electron chi connectivity index (χ3n) is 4.12. The van der Waals surface area contributed by atoms with E-state index in [4.69, 9.17) is 11.6 Å². The van der Waals surface area contributed by atoms with Crippen molar-refractivity contribution in [2.75, 3.05) is 22.7 Å². The van der Waals surface area contributed by atoms with Crippen LogP contribution in [0.1, 0.15) is 19.8 Å². The van der Waals surface area contributed by atoms with Gasteiger partial charge in [-0.15, -0.1) is 10.2 Å². The Bertz CT molecular complexity index is 786. The van der Waals surface area contributed by atoms with Crippen molar-refractivity contribution < 1.29 is 8.42 Å². The van der Waals surface area contributed by atoms with E-state index < -0.39 is 10.0 Å². The molecule has 128 valence electrons. The molecular formula is C16H19ClN4O2S. The van der Waals surface area contributed by atoms with Gasteiger partial charge in [-0.3, -0.25) is 4.72 Å². The third kappa shape index (κ3) is 3.96. The van der Waals surface area contributed by atoms with Crippen LogP contribution in [-0.4, -0.2) is 31.7 Å². The van der Waals surface area contributed by atoms with Crippen molar-refractivity contribution in [2.45, 2.75) is 24.7 Å². The van der Waals surface area contributed by atoms with Crippen molar-refractivity contribution in [1.29, 1.82) is 0 Å². The quantitative estimate of drug-likeness (QED) is 0.899. The fraction of sp³-hybridized carbons (Fsp3) is 0.375. The van der Waals surface area contributed by atoms with Crippen molar-refractivity contribution >= 4 is 33.3 Å². The van der Waals surface area contributed by atoms with Crippen LogP contribution in [0.2, 0.25) is 5.02 Å². The van der Waals surface area contributed by atoms with E-state index in [1.807, 2.05) is 0 Å². The molecule has 0 atom stereocenters. The van der Waals surface area contributed by atoms with Crippen LogP contribution in [-0.2, 0) is 10.0 Å². The Morgan fingerprint density at radius 1 is 1.08 bits per heavy atom. The minimum Gasteiger partial charge on any atom is -0.355 e. The summed E-state index contributed by atoms with van der Waals surface area (Å²) >= 11 is 5.78. The highest BCUT2D eigenvalue weighted by molar-refractivity contribution is 7.92. The van der Waals surface area contributed by atoms with Crippen molar-refractivity contribution in [1.82, 2.24) is 10.2 Å². The molecule has 24 heavy (non-hydrogen) atoms. The summed E-state index contributed by atoms with van der Waals surface area (Å²) in [7, 11) is -3.70. The topological polar surface area (TPSA) is 75.2 Å². The lowest BCUT2D eigenvalue weighted by molar-refractivity contribution is 0.436. The fourth-order valence-corrected chi connectivity index (χ4v) is 3.72. The van der Waals surface area contributed by atoms with E-state index in [-0.39, 0.29) is 10.7 Å². The lowest BCUT2D eigenvalue weighted by atomic mass is 9.99. The molecule has 1 aromatic heterocycles. The van der Waals surface area contributed by atoms with Gasteiger partial charge in [0.25, 0.3) is 10.0 Å². The van der Waals surface area contributed by atoms with E-state index in [1.165, 1.54) is 24.3 Å². The predicted octanol–water partition coefficient (Wildman–Crippen LogP) is 3.17. The summed E-state index contributed by atoms with van der Waals surface area (Å²) in [5.41, 5.74) is 0. The molecule has 8 heteroatoms. The maximum absolute atomic E-state index is 12.3. The van der Waals surface area contributed by atoms with E-state index in [9.17, 15) is 8.42 Å². The number of hydrogen-bond donors (Lipinski definition) is 1. The van der Waals surface area contributed by atoms with Gasteiger partial charge >= 0.3 is 0 Å². The van der Waals surface area contributed by atoms with Crippen LogP contribution in [0, 0.1) is 5.92 Å². The first-order valence-corrected chi connectivity index (χ1v) is 9.67. The smallest absolute Gasteiger partial charge is 0.263 e. The number of nitrogens with one attached hydrogen (secondary N) is 1. The van der Waals surface area contributed by atoms with E-state index in [0.29, 0.717) is 5.02 Å². The summed E-state index contributed by atoms with van der Waals surface area (Å²) in [5, 5.41) is 8.62. The zero-order chi connectivity index (χ0) is 17.2. The van der Waals surface area contributed by atoms with E-state index in [2.05, 4.69) is 26.7 Å². The molecule has 3 rings (SSSR count). The first kappa shape index (κ1) is 17.0. The number of sulfonamides is 1. The highest BCUT2D eigenvalue weighted by Crippen LogP contribution is 2.22. The monoisotopic (exact) mass is 366 g/mol. The second-order valence-electron chi connectivity index (χ2n) is 6.01. The van der Waals surface area contributed by atoms with Crippen LogP contribution in [0.25, 0.3) is 0 Å². The first-order chi connectivity index (χ1) is 11.4. The standard InChI is InChI=1S/C16H19ClN4O2S/c1-12-8-10-21(11-9-12)16-7-6-15(18-19-16)20-24(22,23)14-4-2-13(17)3-5-14/h2-7,12H,8-11H2,1H3,(H,18,20). The van der Waals surface area contributed by atoms with E-state index >= 15 is 0 Å². The van der Waals surface area contributed by atoms with Gasteiger partial charge < -0.3 is 4.90 Å². The van der Waals surface area contributed by atoms with Crippen molar-refractivity contribution in [3.63, 3.8) is 0 Å². The maximum atomic E-state index is 12.3. The highest BCUT2D eigenvalue weighted by atomic mass is 35.5. The van der Waals surface area contributed by atoms with Gasteiger partial charge in [0.2, 0.25) is 0 Å². The van der Waals surface area contributed by atoms with E-state index in [1.54, 1.807) is 12.1 Å². The minimum absolute atomic E-state index is 0.128. The molecule has 1 N–H and O–H groups in total. The molecule has 0 radical (unpaired) electrons. The van der Waals surface area contributed by atoms with Gasteiger partial charge in [0.05, 0.1) is 4.90 Å². The van der Waals surface area contributed by atoms with Gasteiger partial charge in [-0.25, -0.2) is 8.42 Å². The highest BCUT2D eigenvalue weighted by Gasteiger charge is 2.18. The molecule has 1 aliphatic rings. The maximum Gasteiger partial charge on any atom is 0.263 e. The summed E-state index contributed by atoms with van der Waals surface area (Å²) in [6.07, 6.45) is 2.26. The van der Waals surface area contributed by atoms with Crippen LogP contribution in [0.3, 0.4) is 0 Å². The number of rotatable bonds is 4. The molecule has 1 aromatic carbocycles. The normalized spacial score (nSPS) is 16.2. The molecule has 0 amide bonds. The summed E-state index contributed by atoms with van der Waals surface area (Å²) in [4.78, 5) is 2.30. The summed E-state index contributed by atoms with van der Waals surface area (Å²) < 4.78 is 27.0. The second-order valence-corrected chi connectivity index (χ2v) is 8.12. The Labute approximate surface area is 146 Å². The average molecular weight is 367 g/mol. The SMILES string of the molecule is CC1CCN(c2ccc(NS(=O)(=O)c3ccc(Cl)cc3)nn2)CC1. The number of benzene rings is 1.